The van der Waals surface area contributed by atoms with Crippen LogP contribution in [0.3, 0.4) is 0 Å². The number of carbonyl (C=O) groups excluding carboxylic acids is 1. The number of rotatable bonds is 8. The SMILES string of the molecule is CC(=N)CCCCCCNC(=O)c1ccc(C)cc1. The third kappa shape index (κ3) is 6.75. The van der Waals surface area contributed by atoms with Crippen molar-refractivity contribution in [3.05, 3.63) is 35.4 Å². The van der Waals surface area contributed by atoms with Gasteiger partial charge in [0.15, 0.2) is 0 Å². The lowest BCUT2D eigenvalue weighted by atomic mass is 10.1. The molecule has 19 heavy (non-hydrogen) atoms. The maximum atomic E-state index is 11.8. The summed E-state index contributed by atoms with van der Waals surface area (Å²) >= 11 is 0. The Morgan fingerprint density at radius 2 is 1.74 bits per heavy atom. The van der Waals surface area contributed by atoms with Crippen molar-refractivity contribution in [2.75, 3.05) is 6.54 Å². The van der Waals surface area contributed by atoms with Crippen molar-refractivity contribution < 1.29 is 4.79 Å². The first-order valence-corrected chi connectivity index (χ1v) is 6.98. The first-order chi connectivity index (χ1) is 9.09. The second kappa shape index (κ2) is 8.46. The highest BCUT2D eigenvalue weighted by molar-refractivity contribution is 5.94. The van der Waals surface area contributed by atoms with E-state index in [1.807, 2.05) is 38.1 Å². The maximum Gasteiger partial charge on any atom is 0.251 e. The zero-order valence-corrected chi connectivity index (χ0v) is 12.0. The van der Waals surface area contributed by atoms with Crippen molar-refractivity contribution >= 4 is 11.6 Å². The fourth-order valence-corrected chi connectivity index (χ4v) is 1.88. The van der Waals surface area contributed by atoms with Crippen LogP contribution < -0.4 is 5.32 Å². The van der Waals surface area contributed by atoms with Gasteiger partial charge in [-0.05, 0) is 45.2 Å². The summed E-state index contributed by atoms with van der Waals surface area (Å²) in [7, 11) is 0. The molecule has 1 amide bonds. The predicted molar refractivity (Wildman–Crippen MR) is 80.0 cm³/mol. The topological polar surface area (TPSA) is 53.0 Å². The smallest absolute Gasteiger partial charge is 0.251 e. The van der Waals surface area contributed by atoms with Crippen molar-refractivity contribution in [2.24, 2.45) is 0 Å². The van der Waals surface area contributed by atoms with Crippen LogP contribution in [0.25, 0.3) is 0 Å². The van der Waals surface area contributed by atoms with E-state index in [4.69, 9.17) is 5.41 Å². The van der Waals surface area contributed by atoms with Crippen LogP contribution in [0.4, 0.5) is 0 Å². The molecule has 0 aliphatic heterocycles. The minimum atomic E-state index is 0.00957. The molecular weight excluding hydrogens is 236 g/mol. The summed E-state index contributed by atoms with van der Waals surface area (Å²) in [4.78, 5) is 11.8. The third-order valence-electron chi connectivity index (χ3n) is 3.08. The van der Waals surface area contributed by atoms with Gasteiger partial charge in [-0.2, -0.15) is 0 Å². The number of aryl methyl sites for hydroxylation is 1. The molecule has 0 fully saturated rings. The molecular formula is C16H24N2O. The maximum absolute atomic E-state index is 11.8. The van der Waals surface area contributed by atoms with E-state index in [9.17, 15) is 4.79 Å². The van der Waals surface area contributed by atoms with Gasteiger partial charge in [-0.3, -0.25) is 4.79 Å². The molecule has 0 spiro atoms. The van der Waals surface area contributed by atoms with E-state index in [-0.39, 0.29) is 5.91 Å². The molecule has 0 atom stereocenters. The van der Waals surface area contributed by atoms with Crippen LogP contribution in [0.2, 0.25) is 0 Å². The highest BCUT2D eigenvalue weighted by Gasteiger charge is 2.03. The van der Waals surface area contributed by atoms with Crippen molar-refractivity contribution in [3.8, 4) is 0 Å². The Labute approximate surface area is 115 Å². The van der Waals surface area contributed by atoms with Crippen LogP contribution in [0.1, 0.15) is 54.9 Å². The number of carbonyl (C=O) groups is 1. The Morgan fingerprint density at radius 1 is 1.11 bits per heavy atom. The Balaban J connectivity index is 2.11. The number of benzene rings is 1. The zero-order chi connectivity index (χ0) is 14.1. The van der Waals surface area contributed by atoms with Gasteiger partial charge >= 0.3 is 0 Å². The molecule has 0 aliphatic rings. The Hall–Kier alpha value is -1.64. The van der Waals surface area contributed by atoms with E-state index in [1.165, 1.54) is 0 Å². The van der Waals surface area contributed by atoms with E-state index in [0.717, 1.165) is 55.5 Å². The van der Waals surface area contributed by atoms with Crippen LogP contribution in [-0.4, -0.2) is 18.2 Å². The molecule has 0 aromatic heterocycles. The summed E-state index contributed by atoms with van der Waals surface area (Å²) in [6, 6.07) is 7.62. The molecule has 104 valence electrons. The molecule has 1 aromatic rings. The quantitative estimate of drug-likeness (QED) is 0.543. The predicted octanol–water partition coefficient (Wildman–Crippen LogP) is 3.71. The number of amides is 1. The Bertz CT molecular complexity index is 409. The molecule has 3 heteroatoms. The van der Waals surface area contributed by atoms with Crippen molar-refractivity contribution in [3.63, 3.8) is 0 Å². The summed E-state index contributed by atoms with van der Waals surface area (Å²) in [6.07, 6.45) is 5.24. The first-order valence-electron chi connectivity index (χ1n) is 6.98. The summed E-state index contributed by atoms with van der Waals surface area (Å²) in [5.41, 5.74) is 2.65. The number of hydrogen-bond acceptors (Lipinski definition) is 2. The molecule has 0 unspecified atom stereocenters. The fourth-order valence-electron chi connectivity index (χ4n) is 1.88. The van der Waals surface area contributed by atoms with Crippen LogP contribution in [0.15, 0.2) is 24.3 Å². The third-order valence-corrected chi connectivity index (χ3v) is 3.08. The summed E-state index contributed by atoms with van der Waals surface area (Å²) in [5.74, 6) is 0.00957. The first kappa shape index (κ1) is 15.4. The average Bonchev–Trinajstić information content (AvgIpc) is 2.38. The molecule has 0 saturated carbocycles. The molecule has 1 rings (SSSR count). The van der Waals surface area contributed by atoms with E-state index in [1.54, 1.807) is 0 Å². The molecule has 0 radical (unpaired) electrons. The van der Waals surface area contributed by atoms with Crippen LogP contribution in [-0.2, 0) is 0 Å². The Kier molecular flexibility index (Phi) is 6.86. The van der Waals surface area contributed by atoms with Gasteiger partial charge in [-0.1, -0.05) is 30.5 Å². The minimum absolute atomic E-state index is 0.00957. The molecule has 0 heterocycles. The monoisotopic (exact) mass is 260 g/mol. The second-order valence-corrected chi connectivity index (χ2v) is 5.07. The molecule has 2 N–H and O–H groups in total. The minimum Gasteiger partial charge on any atom is -0.352 e. The zero-order valence-electron chi connectivity index (χ0n) is 12.0. The number of nitrogens with one attached hydrogen (secondary N) is 2. The lowest BCUT2D eigenvalue weighted by molar-refractivity contribution is 0.0953. The highest BCUT2D eigenvalue weighted by Crippen LogP contribution is 2.04. The molecule has 0 aliphatic carbocycles. The summed E-state index contributed by atoms with van der Waals surface area (Å²) in [5, 5.41) is 10.3. The van der Waals surface area contributed by atoms with E-state index < -0.39 is 0 Å². The fraction of sp³-hybridized carbons (Fsp3) is 0.500. The van der Waals surface area contributed by atoms with Gasteiger partial charge in [-0.15, -0.1) is 0 Å². The molecule has 1 aromatic carbocycles. The van der Waals surface area contributed by atoms with E-state index >= 15 is 0 Å². The molecule has 3 nitrogen and oxygen atoms in total. The lowest BCUT2D eigenvalue weighted by Crippen LogP contribution is -2.24. The summed E-state index contributed by atoms with van der Waals surface area (Å²) < 4.78 is 0. The van der Waals surface area contributed by atoms with Crippen molar-refractivity contribution in [2.45, 2.75) is 46.0 Å². The van der Waals surface area contributed by atoms with Crippen LogP contribution in [0.5, 0.6) is 0 Å². The van der Waals surface area contributed by atoms with Gasteiger partial charge in [0.25, 0.3) is 5.91 Å². The lowest BCUT2D eigenvalue weighted by Gasteiger charge is -2.05. The van der Waals surface area contributed by atoms with Gasteiger partial charge < -0.3 is 10.7 Å². The van der Waals surface area contributed by atoms with Gasteiger partial charge in [-0.25, -0.2) is 0 Å². The van der Waals surface area contributed by atoms with Gasteiger partial charge in [0.05, 0.1) is 0 Å². The normalized spacial score (nSPS) is 10.2. The number of unbranched alkanes of at least 4 members (excludes halogenated alkanes) is 3. The van der Waals surface area contributed by atoms with Crippen LogP contribution in [0, 0.1) is 12.3 Å². The van der Waals surface area contributed by atoms with Crippen molar-refractivity contribution in [1.82, 2.24) is 5.32 Å². The second-order valence-electron chi connectivity index (χ2n) is 5.07. The molecule has 0 bridgehead atoms. The van der Waals surface area contributed by atoms with Gasteiger partial charge in [0.2, 0.25) is 0 Å². The molecule has 0 saturated heterocycles. The average molecular weight is 260 g/mol. The van der Waals surface area contributed by atoms with Crippen LogP contribution >= 0.6 is 0 Å². The van der Waals surface area contributed by atoms with E-state index in [2.05, 4.69) is 5.32 Å². The largest absolute Gasteiger partial charge is 0.352 e. The summed E-state index contributed by atoms with van der Waals surface area (Å²) in [6.45, 7) is 4.59. The van der Waals surface area contributed by atoms with E-state index in [0.29, 0.717) is 0 Å². The highest BCUT2D eigenvalue weighted by atomic mass is 16.1. The Morgan fingerprint density at radius 3 is 2.37 bits per heavy atom. The van der Waals surface area contributed by atoms with Gasteiger partial charge in [0, 0.05) is 17.8 Å². The van der Waals surface area contributed by atoms with Crippen molar-refractivity contribution in [1.29, 1.82) is 5.41 Å². The standard InChI is InChI=1S/C16H24N2O/c1-13-8-10-15(11-9-13)16(19)18-12-6-4-3-5-7-14(2)17/h8-11,17H,3-7,12H2,1-2H3,(H,18,19). The van der Waals surface area contributed by atoms with Gasteiger partial charge in [0.1, 0.15) is 0 Å². The number of hydrogen-bond donors (Lipinski definition) is 2.